The number of hydrogen-bond donors (Lipinski definition) is 1. The summed E-state index contributed by atoms with van der Waals surface area (Å²) in [4.78, 5) is 11.2. The Morgan fingerprint density at radius 1 is 1.54 bits per heavy atom. The molecule has 0 aliphatic heterocycles. The van der Waals surface area contributed by atoms with E-state index in [9.17, 15) is 4.79 Å². The molecule has 0 aromatic heterocycles. The summed E-state index contributed by atoms with van der Waals surface area (Å²) in [6, 6.07) is -0.249. The van der Waals surface area contributed by atoms with Gasteiger partial charge in [0.25, 0.3) is 0 Å². The highest BCUT2D eigenvalue weighted by atomic mass is 16.5. The Kier molecular flexibility index (Phi) is 6.92. The molecule has 74 valence electrons. The second-order valence-corrected chi connectivity index (χ2v) is 2.64. The van der Waals surface area contributed by atoms with Crippen molar-refractivity contribution >= 4 is 5.97 Å². The maximum absolute atomic E-state index is 11.2. The summed E-state index contributed by atoms with van der Waals surface area (Å²) in [5.74, 6) is -0.233. The lowest BCUT2D eigenvalue weighted by Crippen LogP contribution is -2.37. The lowest BCUT2D eigenvalue weighted by molar-refractivity contribution is -0.143. The number of methoxy groups -OCH3 is 1. The van der Waals surface area contributed by atoms with Crippen LogP contribution in [0.5, 0.6) is 0 Å². The SMILES string of the molecule is C=CCCC(NCC=C)C(=O)OC. The van der Waals surface area contributed by atoms with Crippen molar-refractivity contribution in [2.45, 2.75) is 18.9 Å². The van der Waals surface area contributed by atoms with Gasteiger partial charge in [-0.2, -0.15) is 0 Å². The third kappa shape index (κ3) is 5.20. The molecule has 0 aromatic rings. The Hall–Kier alpha value is -1.09. The molecule has 0 spiro atoms. The van der Waals surface area contributed by atoms with E-state index in [1.54, 1.807) is 12.2 Å². The van der Waals surface area contributed by atoms with Crippen LogP contribution in [0.3, 0.4) is 0 Å². The summed E-state index contributed by atoms with van der Waals surface area (Å²) >= 11 is 0. The van der Waals surface area contributed by atoms with Gasteiger partial charge in [-0.25, -0.2) is 0 Å². The molecule has 13 heavy (non-hydrogen) atoms. The number of carbonyl (C=O) groups is 1. The smallest absolute Gasteiger partial charge is 0.322 e. The van der Waals surface area contributed by atoms with E-state index in [0.717, 1.165) is 6.42 Å². The van der Waals surface area contributed by atoms with Gasteiger partial charge in [-0.3, -0.25) is 4.79 Å². The first-order valence-electron chi connectivity index (χ1n) is 4.29. The number of nitrogens with one attached hydrogen (secondary N) is 1. The molecule has 0 aliphatic rings. The molecule has 3 nitrogen and oxygen atoms in total. The highest BCUT2D eigenvalue weighted by molar-refractivity contribution is 5.75. The fraction of sp³-hybridized carbons (Fsp3) is 0.500. The standard InChI is InChI=1S/C10H17NO2/c1-4-6-7-9(10(12)13-3)11-8-5-2/h4-5,9,11H,1-2,6-8H2,3H3. The van der Waals surface area contributed by atoms with Crippen molar-refractivity contribution in [2.75, 3.05) is 13.7 Å². The molecule has 0 saturated carbocycles. The minimum Gasteiger partial charge on any atom is -0.468 e. The number of ether oxygens (including phenoxy) is 1. The van der Waals surface area contributed by atoms with Gasteiger partial charge >= 0.3 is 5.97 Å². The number of rotatable bonds is 7. The zero-order chi connectivity index (χ0) is 10.1. The van der Waals surface area contributed by atoms with Crippen LogP contribution in [-0.4, -0.2) is 25.7 Å². The van der Waals surface area contributed by atoms with Crippen molar-refractivity contribution in [3.05, 3.63) is 25.3 Å². The van der Waals surface area contributed by atoms with Crippen LogP contribution in [0.25, 0.3) is 0 Å². The topological polar surface area (TPSA) is 38.3 Å². The summed E-state index contributed by atoms with van der Waals surface area (Å²) in [6.45, 7) is 7.77. The van der Waals surface area contributed by atoms with E-state index in [-0.39, 0.29) is 12.0 Å². The molecule has 3 heteroatoms. The lowest BCUT2D eigenvalue weighted by Gasteiger charge is -2.13. The number of hydrogen-bond acceptors (Lipinski definition) is 3. The van der Waals surface area contributed by atoms with Crippen LogP contribution in [-0.2, 0) is 9.53 Å². The Morgan fingerprint density at radius 3 is 2.69 bits per heavy atom. The Labute approximate surface area is 79.5 Å². The number of allylic oxidation sites excluding steroid dienone is 1. The van der Waals surface area contributed by atoms with Crippen molar-refractivity contribution in [2.24, 2.45) is 0 Å². The van der Waals surface area contributed by atoms with E-state index in [1.807, 2.05) is 0 Å². The van der Waals surface area contributed by atoms with E-state index in [1.165, 1.54) is 7.11 Å². The first-order valence-corrected chi connectivity index (χ1v) is 4.29. The number of esters is 1. The van der Waals surface area contributed by atoms with Gasteiger partial charge < -0.3 is 10.1 Å². The van der Waals surface area contributed by atoms with Gasteiger partial charge in [0, 0.05) is 6.54 Å². The molecule has 1 atom stereocenters. The van der Waals surface area contributed by atoms with Crippen LogP contribution in [0.4, 0.5) is 0 Å². The zero-order valence-electron chi connectivity index (χ0n) is 8.08. The molecule has 1 N–H and O–H groups in total. The fourth-order valence-corrected chi connectivity index (χ4v) is 0.956. The van der Waals surface area contributed by atoms with Crippen LogP contribution in [0.1, 0.15) is 12.8 Å². The van der Waals surface area contributed by atoms with Crippen molar-refractivity contribution in [1.82, 2.24) is 5.32 Å². The van der Waals surface area contributed by atoms with E-state index < -0.39 is 0 Å². The van der Waals surface area contributed by atoms with Gasteiger partial charge in [-0.05, 0) is 12.8 Å². The second kappa shape index (κ2) is 7.55. The molecule has 0 radical (unpaired) electrons. The average Bonchev–Trinajstić information content (AvgIpc) is 2.17. The van der Waals surface area contributed by atoms with Gasteiger partial charge in [0.2, 0.25) is 0 Å². The highest BCUT2D eigenvalue weighted by Crippen LogP contribution is 1.99. The van der Waals surface area contributed by atoms with E-state index in [4.69, 9.17) is 0 Å². The zero-order valence-corrected chi connectivity index (χ0v) is 8.08. The van der Waals surface area contributed by atoms with Crippen molar-refractivity contribution in [3.8, 4) is 0 Å². The second-order valence-electron chi connectivity index (χ2n) is 2.64. The highest BCUT2D eigenvalue weighted by Gasteiger charge is 2.16. The van der Waals surface area contributed by atoms with Gasteiger partial charge in [0.15, 0.2) is 0 Å². The third-order valence-corrected chi connectivity index (χ3v) is 1.65. The van der Waals surface area contributed by atoms with Crippen molar-refractivity contribution in [1.29, 1.82) is 0 Å². The first kappa shape index (κ1) is 11.9. The van der Waals surface area contributed by atoms with Crippen LogP contribution in [0.2, 0.25) is 0 Å². The van der Waals surface area contributed by atoms with Crippen LogP contribution in [0, 0.1) is 0 Å². The van der Waals surface area contributed by atoms with Gasteiger partial charge in [-0.15, -0.1) is 13.2 Å². The summed E-state index contributed by atoms with van der Waals surface area (Å²) < 4.78 is 4.64. The molecule has 0 heterocycles. The monoisotopic (exact) mass is 183 g/mol. The molecule has 1 unspecified atom stereocenters. The Bertz CT molecular complexity index is 166. The average molecular weight is 183 g/mol. The maximum atomic E-state index is 11.2. The van der Waals surface area contributed by atoms with Crippen LogP contribution >= 0.6 is 0 Å². The van der Waals surface area contributed by atoms with Crippen LogP contribution < -0.4 is 5.32 Å². The Morgan fingerprint density at radius 2 is 2.23 bits per heavy atom. The van der Waals surface area contributed by atoms with E-state index in [0.29, 0.717) is 13.0 Å². The minimum absolute atomic E-state index is 0.233. The summed E-state index contributed by atoms with van der Waals surface area (Å²) in [7, 11) is 1.39. The fourth-order valence-electron chi connectivity index (χ4n) is 0.956. The van der Waals surface area contributed by atoms with Gasteiger partial charge in [0.1, 0.15) is 6.04 Å². The molecule has 0 aliphatic carbocycles. The maximum Gasteiger partial charge on any atom is 0.322 e. The van der Waals surface area contributed by atoms with Gasteiger partial charge in [0.05, 0.1) is 7.11 Å². The van der Waals surface area contributed by atoms with Gasteiger partial charge in [-0.1, -0.05) is 12.2 Å². The molecule has 0 rings (SSSR count). The molecule has 0 bridgehead atoms. The largest absolute Gasteiger partial charge is 0.468 e. The van der Waals surface area contributed by atoms with E-state index >= 15 is 0 Å². The van der Waals surface area contributed by atoms with Crippen molar-refractivity contribution < 1.29 is 9.53 Å². The molecular formula is C10H17NO2. The molecule has 0 amide bonds. The summed E-state index contributed by atoms with van der Waals surface area (Å²) in [6.07, 6.45) is 5.00. The van der Waals surface area contributed by atoms with Crippen LogP contribution in [0.15, 0.2) is 25.3 Å². The third-order valence-electron chi connectivity index (χ3n) is 1.65. The van der Waals surface area contributed by atoms with E-state index in [2.05, 4.69) is 23.2 Å². The predicted octanol–water partition coefficient (Wildman–Crippen LogP) is 1.27. The predicted molar refractivity (Wildman–Crippen MR) is 53.4 cm³/mol. The molecule has 0 saturated heterocycles. The molecule has 0 fully saturated rings. The lowest BCUT2D eigenvalue weighted by atomic mass is 10.1. The Balaban J connectivity index is 3.92. The molecular weight excluding hydrogens is 166 g/mol. The normalized spacial score (nSPS) is 11.8. The quantitative estimate of drug-likeness (QED) is 0.477. The summed E-state index contributed by atoms with van der Waals surface area (Å²) in [5, 5.41) is 3.01. The van der Waals surface area contributed by atoms with Crippen molar-refractivity contribution in [3.63, 3.8) is 0 Å². The molecule has 0 aromatic carbocycles. The summed E-state index contributed by atoms with van der Waals surface area (Å²) in [5.41, 5.74) is 0. The first-order chi connectivity index (χ1) is 6.26. The minimum atomic E-state index is -0.249. The number of carbonyl (C=O) groups excluding carboxylic acids is 1.